The van der Waals surface area contributed by atoms with Gasteiger partial charge in [-0.15, -0.1) is 0 Å². The standard InChI is InChI=1S/C2H4FO4P/c1-2(3)7-8(4,5)6/h1H2,(H2,4,5,6). The first-order valence-corrected chi connectivity index (χ1v) is 3.04. The molecule has 6 heteroatoms. The molecule has 48 valence electrons. The minimum Gasteiger partial charge on any atom is -0.377 e. The zero-order valence-electron chi connectivity index (χ0n) is 3.74. The van der Waals surface area contributed by atoms with Crippen LogP contribution in [0.4, 0.5) is 4.39 Å². The maximum Gasteiger partial charge on any atom is 0.526 e. The highest BCUT2D eigenvalue weighted by atomic mass is 31.2. The van der Waals surface area contributed by atoms with Gasteiger partial charge in [0.15, 0.2) is 0 Å². The summed E-state index contributed by atoms with van der Waals surface area (Å²) in [5.41, 5.74) is 0. The third-order valence-electron chi connectivity index (χ3n) is 0.218. The van der Waals surface area contributed by atoms with E-state index >= 15 is 0 Å². The molecule has 4 nitrogen and oxygen atoms in total. The van der Waals surface area contributed by atoms with E-state index in [0.29, 0.717) is 0 Å². The van der Waals surface area contributed by atoms with Gasteiger partial charge in [-0.2, -0.15) is 4.39 Å². The fourth-order valence-corrected chi connectivity index (χ4v) is 0.387. The van der Waals surface area contributed by atoms with Crippen molar-refractivity contribution in [2.24, 2.45) is 0 Å². The maximum atomic E-state index is 11.3. The van der Waals surface area contributed by atoms with Gasteiger partial charge in [-0.1, -0.05) is 0 Å². The summed E-state index contributed by atoms with van der Waals surface area (Å²) in [5.74, 6) is 0. The van der Waals surface area contributed by atoms with Crippen LogP contribution < -0.4 is 0 Å². The zero-order valence-corrected chi connectivity index (χ0v) is 4.64. The van der Waals surface area contributed by atoms with Crippen LogP contribution in [0.25, 0.3) is 0 Å². The fraction of sp³-hybridized carbons (Fsp3) is 0. The molecule has 0 spiro atoms. The molecule has 8 heavy (non-hydrogen) atoms. The Labute approximate surface area is 44.8 Å². The molecule has 0 unspecified atom stereocenters. The Morgan fingerprint density at radius 2 is 2.12 bits per heavy atom. The van der Waals surface area contributed by atoms with Crippen LogP contribution in [0.3, 0.4) is 0 Å². The van der Waals surface area contributed by atoms with Crippen molar-refractivity contribution in [3.8, 4) is 0 Å². The molecule has 0 saturated carbocycles. The highest BCUT2D eigenvalue weighted by Gasteiger charge is 2.15. The summed E-state index contributed by atoms with van der Waals surface area (Å²) in [6.45, 7) is 2.46. The van der Waals surface area contributed by atoms with Crippen LogP contribution in [0.2, 0.25) is 0 Å². The molecule has 0 bridgehead atoms. The molecule has 0 heterocycles. The topological polar surface area (TPSA) is 66.8 Å². The molecule has 0 aromatic heterocycles. The first kappa shape index (κ1) is 7.62. The largest absolute Gasteiger partial charge is 0.526 e. The van der Waals surface area contributed by atoms with Crippen molar-refractivity contribution in [1.82, 2.24) is 0 Å². The van der Waals surface area contributed by atoms with E-state index in [2.05, 4.69) is 11.1 Å². The molecule has 0 aliphatic rings. The van der Waals surface area contributed by atoms with Gasteiger partial charge in [0, 0.05) is 0 Å². The summed E-state index contributed by atoms with van der Waals surface area (Å²) in [6, 6.07) is -1.49. The lowest BCUT2D eigenvalue weighted by molar-refractivity contribution is 0.202. The molecule has 0 radical (unpaired) electrons. The summed E-state index contributed by atoms with van der Waals surface area (Å²) in [6.07, 6.45) is 0. The second-order valence-electron chi connectivity index (χ2n) is 0.937. The number of hydrogen-bond donors (Lipinski definition) is 2. The molecule has 0 saturated heterocycles. The van der Waals surface area contributed by atoms with Gasteiger partial charge in [0.1, 0.15) is 0 Å². The molecular formula is C2H4FO4P. The predicted octanol–water partition coefficient (Wildman–Crippen LogP) is 0.536. The first-order valence-electron chi connectivity index (χ1n) is 1.51. The van der Waals surface area contributed by atoms with Crippen molar-refractivity contribution in [2.75, 3.05) is 0 Å². The average molecular weight is 142 g/mol. The van der Waals surface area contributed by atoms with E-state index in [4.69, 9.17) is 9.79 Å². The zero-order chi connectivity index (χ0) is 6.78. The minimum absolute atomic E-state index is 1.49. The lowest BCUT2D eigenvalue weighted by Crippen LogP contribution is -1.81. The normalized spacial score (nSPS) is 10.9. The molecule has 0 aromatic carbocycles. The number of phosphoric acid groups is 1. The Morgan fingerprint density at radius 3 is 2.12 bits per heavy atom. The van der Waals surface area contributed by atoms with Gasteiger partial charge in [0.2, 0.25) is 0 Å². The van der Waals surface area contributed by atoms with Crippen LogP contribution in [0.1, 0.15) is 0 Å². The van der Waals surface area contributed by atoms with Crippen molar-refractivity contribution in [3.05, 3.63) is 12.6 Å². The predicted molar refractivity (Wildman–Crippen MR) is 23.4 cm³/mol. The van der Waals surface area contributed by atoms with E-state index in [1.54, 1.807) is 0 Å². The molecule has 0 aliphatic carbocycles. The quantitative estimate of drug-likeness (QED) is 0.436. The molecule has 0 rings (SSSR count). The van der Waals surface area contributed by atoms with Crippen molar-refractivity contribution in [2.45, 2.75) is 0 Å². The van der Waals surface area contributed by atoms with E-state index in [9.17, 15) is 8.96 Å². The molecule has 0 aliphatic heterocycles. The van der Waals surface area contributed by atoms with Crippen molar-refractivity contribution >= 4 is 7.82 Å². The number of rotatable bonds is 2. The smallest absolute Gasteiger partial charge is 0.377 e. The van der Waals surface area contributed by atoms with Crippen LogP contribution in [0.15, 0.2) is 12.6 Å². The van der Waals surface area contributed by atoms with Crippen LogP contribution in [0.5, 0.6) is 0 Å². The number of phosphoric ester groups is 1. The van der Waals surface area contributed by atoms with Crippen molar-refractivity contribution in [3.63, 3.8) is 0 Å². The van der Waals surface area contributed by atoms with E-state index < -0.39 is 13.8 Å². The van der Waals surface area contributed by atoms with Gasteiger partial charge in [-0.05, 0) is 6.58 Å². The second kappa shape index (κ2) is 2.26. The van der Waals surface area contributed by atoms with Gasteiger partial charge in [-0.3, -0.25) is 9.79 Å². The van der Waals surface area contributed by atoms with Gasteiger partial charge in [0.25, 0.3) is 6.01 Å². The SMILES string of the molecule is C=C(F)OP(=O)(O)O. The Balaban J connectivity index is 3.74. The lowest BCUT2D eigenvalue weighted by atomic mass is 11.1. The van der Waals surface area contributed by atoms with Crippen LogP contribution in [-0.4, -0.2) is 9.79 Å². The minimum atomic E-state index is -4.70. The monoisotopic (exact) mass is 142 g/mol. The fourth-order valence-electron chi connectivity index (χ4n) is 0.129. The second-order valence-corrected chi connectivity index (χ2v) is 2.10. The Bertz CT molecular complexity index is 137. The van der Waals surface area contributed by atoms with E-state index in [-0.39, 0.29) is 0 Å². The molecule has 0 atom stereocenters. The third kappa shape index (κ3) is 5.62. The van der Waals surface area contributed by atoms with E-state index in [0.717, 1.165) is 0 Å². The third-order valence-corrected chi connectivity index (χ3v) is 0.654. The summed E-state index contributed by atoms with van der Waals surface area (Å²) in [5, 5.41) is 0. The van der Waals surface area contributed by atoms with Crippen molar-refractivity contribution in [1.29, 1.82) is 0 Å². The maximum absolute atomic E-state index is 11.3. The molecule has 2 N–H and O–H groups in total. The summed E-state index contributed by atoms with van der Waals surface area (Å²) < 4.78 is 24.1. The molecule has 0 fully saturated rings. The Hall–Kier alpha value is -0.380. The highest BCUT2D eigenvalue weighted by Crippen LogP contribution is 2.38. The Morgan fingerprint density at radius 1 is 1.75 bits per heavy atom. The lowest BCUT2D eigenvalue weighted by Gasteiger charge is -1.99. The van der Waals surface area contributed by atoms with Gasteiger partial charge in [-0.25, -0.2) is 4.57 Å². The van der Waals surface area contributed by atoms with Crippen molar-refractivity contribution < 1.29 is 23.3 Å². The molecule has 0 aromatic rings. The summed E-state index contributed by atoms with van der Waals surface area (Å²) in [4.78, 5) is 15.6. The average Bonchev–Trinajstić information content (AvgIpc) is 1.21. The van der Waals surface area contributed by atoms with E-state index in [1.807, 2.05) is 0 Å². The van der Waals surface area contributed by atoms with Gasteiger partial charge >= 0.3 is 7.82 Å². The van der Waals surface area contributed by atoms with Gasteiger partial charge < -0.3 is 4.52 Å². The number of halogens is 1. The molecular weight excluding hydrogens is 138 g/mol. The van der Waals surface area contributed by atoms with Gasteiger partial charge in [0.05, 0.1) is 0 Å². The molecule has 0 amide bonds. The van der Waals surface area contributed by atoms with Crippen LogP contribution in [0, 0.1) is 0 Å². The summed E-state index contributed by atoms with van der Waals surface area (Å²) in [7, 11) is -4.70. The summed E-state index contributed by atoms with van der Waals surface area (Å²) >= 11 is 0. The van der Waals surface area contributed by atoms with E-state index in [1.165, 1.54) is 0 Å². The van der Waals surface area contributed by atoms with Crippen LogP contribution in [-0.2, 0) is 9.09 Å². The first-order chi connectivity index (χ1) is 3.42. The Kier molecular flexibility index (Phi) is 2.15. The highest BCUT2D eigenvalue weighted by molar-refractivity contribution is 7.46. The van der Waals surface area contributed by atoms with Crippen LogP contribution >= 0.6 is 7.82 Å². The number of hydrogen-bond acceptors (Lipinski definition) is 2.